The predicted molar refractivity (Wildman–Crippen MR) is 86.4 cm³/mol. The molecule has 1 unspecified atom stereocenters. The van der Waals surface area contributed by atoms with Crippen LogP contribution < -0.4 is 10.0 Å². The Kier molecular flexibility index (Phi) is 5.68. The highest BCUT2D eigenvalue weighted by Crippen LogP contribution is 2.27. The maximum Gasteiger partial charge on any atom is 0.267 e. The average Bonchev–Trinajstić information content (AvgIpc) is 3.06. The molecule has 1 atom stereocenters. The highest BCUT2D eigenvalue weighted by Gasteiger charge is 2.13. The van der Waals surface area contributed by atoms with Gasteiger partial charge in [0, 0.05) is 23.9 Å². The fourth-order valence-electron chi connectivity index (χ4n) is 1.80. The molecule has 0 saturated heterocycles. The zero-order valence-corrected chi connectivity index (χ0v) is 14.4. The SMILES string of the molecule is CNC(C)Cc1noc(-c2ccc(CCNS(C)(=O)=O)s2)n1. The number of nitrogens with one attached hydrogen (secondary N) is 2. The lowest BCUT2D eigenvalue weighted by Crippen LogP contribution is -2.24. The summed E-state index contributed by atoms with van der Waals surface area (Å²) in [7, 11) is -1.25. The van der Waals surface area contributed by atoms with Gasteiger partial charge in [-0.05, 0) is 32.5 Å². The van der Waals surface area contributed by atoms with E-state index in [0.717, 1.165) is 16.0 Å². The molecule has 0 aromatic carbocycles. The van der Waals surface area contributed by atoms with Gasteiger partial charge in [-0.2, -0.15) is 4.98 Å². The van der Waals surface area contributed by atoms with E-state index in [1.807, 2.05) is 26.1 Å². The molecule has 9 heteroatoms. The van der Waals surface area contributed by atoms with Crippen LogP contribution >= 0.6 is 11.3 Å². The Labute approximate surface area is 134 Å². The van der Waals surface area contributed by atoms with E-state index >= 15 is 0 Å². The maximum atomic E-state index is 11.0. The standard InChI is InChI=1S/C13H20N4O3S2/c1-9(14-2)8-12-16-13(20-17-12)11-5-4-10(21-11)6-7-15-22(3,18)19/h4-5,9,14-15H,6-8H2,1-3H3. The van der Waals surface area contributed by atoms with Gasteiger partial charge in [-0.15, -0.1) is 11.3 Å². The summed E-state index contributed by atoms with van der Waals surface area (Å²) in [5, 5.41) is 7.10. The lowest BCUT2D eigenvalue weighted by molar-refractivity contribution is 0.419. The van der Waals surface area contributed by atoms with Crippen molar-refractivity contribution in [2.24, 2.45) is 0 Å². The lowest BCUT2D eigenvalue weighted by atomic mass is 10.2. The van der Waals surface area contributed by atoms with Crippen molar-refractivity contribution in [2.75, 3.05) is 19.8 Å². The van der Waals surface area contributed by atoms with Gasteiger partial charge in [0.05, 0.1) is 11.1 Å². The van der Waals surface area contributed by atoms with Gasteiger partial charge in [-0.25, -0.2) is 13.1 Å². The molecule has 2 aromatic heterocycles. The number of thiophene rings is 1. The second-order valence-corrected chi connectivity index (χ2v) is 8.09. The lowest BCUT2D eigenvalue weighted by Gasteiger charge is -2.04. The van der Waals surface area contributed by atoms with Crippen LogP contribution in [0.2, 0.25) is 0 Å². The van der Waals surface area contributed by atoms with Crippen LogP contribution in [0.15, 0.2) is 16.7 Å². The number of rotatable bonds is 8. The number of hydrogen-bond acceptors (Lipinski definition) is 7. The molecule has 2 N–H and O–H groups in total. The van der Waals surface area contributed by atoms with Crippen LogP contribution in [-0.2, 0) is 22.9 Å². The Morgan fingerprint density at radius 2 is 2.18 bits per heavy atom. The molecule has 2 heterocycles. The van der Waals surface area contributed by atoms with Gasteiger partial charge in [0.2, 0.25) is 10.0 Å². The first-order valence-corrected chi connectivity index (χ1v) is 9.61. The van der Waals surface area contributed by atoms with Crippen molar-refractivity contribution in [1.82, 2.24) is 20.2 Å². The predicted octanol–water partition coefficient (Wildman–Crippen LogP) is 1.04. The highest BCUT2D eigenvalue weighted by atomic mass is 32.2. The highest BCUT2D eigenvalue weighted by molar-refractivity contribution is 7.88. The van der Waals surface area contributed by atoms with Crippen molar-refractivity contribution in [3.05, 3.63) is 22.8 Å². The summed E-state index contributed by atoms with van der Waals surface area (Å²) < 4.78 is 29.8. The van der Waals surface area contributed by atoms with Crippen molar-refractivity contribution in [2.45, 2.75) is 25.8 Å². The molecule has 0 aliphatic heterocycles. The minimum Gasteiger partial charge on any atom is -0.333 e. The molecule has 0 fully saturated rings. The van der Waals surface area contributed by atoms with Crippen LogP contribution in [0.3, 0.4) is 0 Å². The van der Waals surface area contributed by atoms with Crippen LogP contribution in [-0.4, -0.2) is 44.4 Å². The molecular weight excluding hydrogens is 324 g/mol. The van der Waals surface area contributed by atoms with E-state index in [2.05, 4.69) is 20.2 Å². The monoisotopic (exact) mass is 344 g/mol. The molecule has 7 nitrogen and oxygen atoms in total. The van der Waals surface area contributed by atoms with Crippen molar-refractivity contribution < 1.29 is 12.9 Å². The first kappa shape index (κ1) is 17.1. The summed E-state index contributed by atoms with van der Waals surface area (Å²) in [6.45, 7) is 2.43. The number of hydrogen-bond donors (Lipinski definition) is 2. The zero-order valence-electron chi connectivity index (χ0n) is 12.8. The van der Waals surface area contributed by atoms with E-state index in [-0.39, 0.29) is 6.04 Å². The topological polar surface area (TPSA) is 97.1 Å². The van der Waals surface area contributed by atoms with E-state index in [1.165, 1.54) is 11.3 Å². The Balaban J connectivity index is 1.96. The second kappa shape index (κ2) is 7.32. The smallest absolute Gasteiger partial charge is 0.267 e. The third-order valence-corrected chi connectivity index (χ3v) is 4.92. The molecule has 2 rings (SSSR count). The van der Waals surface area contributed by atoms with E-state index < -0.39 is 10.0 Å². The van der Waals surface area contributed by atoms with Gasteiger partial charge < -0.3 is 9.84 Å². The summed E-state index contributed by atoms with van der Waals surface area (Å²) >= 11 is 1.53. The quantitative estimate of drug-likeness (QED) is 0.743. The van der Waals surface area contributed by atoms with E-state index in [1.54, 1.807) is 0 Å². The number of sulfonamides is 1. The molecule has 0 amide bonds. The minimum absolute atomic E-state index is 0.284. The van der Waals surface area contributed by atoms with Crippen LogP contribution in [0.5, 0.6) is 0 Å². The van der Waals surface area contributed by atoms with Crippen molar-refractivity contribution in [3.63, 3.8) is 0 Å². The normalized spacial score (nSPS) is 13.4. The van der Waals surface area contributed by atoms with Gasteiger partial charge in [-0.3, -0.25) is 0 Å². The molecular formula is C13H20N4O3S2. The van der Waals surface area contributed by atoms with E-state index in [4.69, 9.17) is 4.52 Å². The molecule has 2 aromatic rings. The Hall–Kier alpha value is -1.29. The molecule has 0 aliphatic rings. The van der Waals surface area contributed by atoms with Gasteiger partial charge in [0.15, 0.2) is 5.82 Å². The van der Waals surface area contributed by atoms with Crippen LogP contribution in [0.25, 0.3) is 10.8 Å². The third kappa shape index (κ3) is 5.16. The summed E-state index contributed by atoms with van der Waals surface area (Å²) in [5.41, 5.74) is 0. The molecule has 0 saturated carbocycles. The Bertz CT molecular complexity index is 708. The van der Waals surface area contributed by atoms with Gasteiger partial charge in [-0.1, -0.05) is 5.16 Å². The largest absolute Gasteiger partial charge is 0.333 e. The molecule has 0 radical (unpaired) electrons. The number of aromatic nitrogens is 2. The first-order valence-electron chi connectivity index (χ1n) is 6.91. The van der Waals surface area contributed by atoms with E-state index in [9.17, 15) is 8.42 Å². The van der Waals surface area contributed by atoms with E-state index in [0.29, 0.717) is 31.1 Å². The van der Waals surface area contributed by atoms with Crippen molar-refractivity contribution in [3.8, 4) is 10.8 Å². The molecule has 0 aliphatic carbocycles. The third-order valence-electron chi connectivity index (χ3n) is 3.06. The summed E-state index contributed by atoms with van der Waals surface area (Å²) in [4.78, 5) is 6.34. The maximum absolute atomic E-state index is 11.0. The van der Waals surface area contributed by atoms with Crippen molar-refractivity contribution >= 4 is 21.4 Å². The zero-order chi connectivity index (χ0) is 16.2. The molecule has 0 bridgehead atoms. The fourth-order valence-corrected chi connectivity index (χ4v) is 3.20. The first-order chi connectivity index (χ1) is 10.4. The minimum atomic E-state index is -3.14. The van der Waals surface area contributed by atoms with Crippen LogP contribution in [0.4, 0.5) is 0 Å². The van der Waals surface area contributed by atoms with Crippen LogP contribution in [0, 0.1) is 0 Å². The number of likely N-dealkylation sites (N-methyl/N-ethyl adjacent to an activating group) is 1. The Morgan fingerprint density at radius 3 is 2.86 bits per heavy atom. The Morgan fingerprint density at radius 1 is 1.41 bits per heavy atom. The van der Waals surface area contributed by atoms with Gasteiger partial charge in [0.25, 0.3) is 5.89 Å². The van der Waals surface area contributed by atoms with Crippen LogP contribution in [0.1, 0.15) is 17.6 Å². The van der Waals surface area contributed by atoms with Gasteiger partial charge in [0.1, 0.15) is 0 Å². The summed E-state index contributed by atoms with van der Waals surface area (Å²) in [6.07, 6.45) is 2.49. The molecule has 122 valence electrons. The molecule has 22 heavy (non-hydrogen) atoms. The fraction of sp³-hybridized carbons (Fsp3) is 0.538. The average molecular weight is 344 g/mol. The second-order valence-electron chi connectivity index (χ2n) is 5.09. The summed E-state index contributed by atoms with van der Waals surface area (Å²) in [6, 6.07) is 4.15. The molecule has 0 spiro atoms. The van der Waals surface area contributed by atoms with Crippen molar-refractivity contribution in [1.29, 1.82) is 0 Å². The summed E-state index contributed by atoms with van der Waals surface area (Å²) in [5.74, 6) is 1.18. The number of nitrogens with zero attached hydrogens (tertiary/aromatic N) is 2. The van der Waals surface area contributed by atoms with Gasteiger partial charge >= 0.3 is 0 Å².